The maximum atomic E-state index is 13.3. The molecule has 2 fully saturated rings. The smallest absolute Gasteiger partial charge is 0.310 e. The van der Waals surface area contributed by atoms with Crippen molar-refractivity contribution in [2.75, 3.05) is 26.2 Å². The number of piperazine rings is 1. The van der Waals surface area contributed by atoms with Gasteiger partial charge in [0.1, 0.15) is 5.92 Å². The Morgan fingerprint density at radius 1 is 0.806 bits per heavy atom. The second kappa shape index (κ2) is 8.29. The Bertz CT molecular complexity index is 930. The summed E-state index contributed by atoms with van der Waals surface area (Å²) in [6, 6.07) is 21.0. The molecule has 6 nitrogen and oxygen atoms in total. The highest BCUT2D eigenvalue weighted by Gasteiger charge is 2.54. The Labute approximate surface area is 181 Å². The molecule has 3 heterocycles. The average Bonchev–Trinajstić information content (AvgIpc) is 3.43. The number of carbonyl (C=O) groups excluding carboxylic acids is 1. The summed E-state index contributed by atoms with van der Waals surface area (Å²) in [5.74, 6) is -2.47. The number of carboxylic acids is 1. The van der Waals surface area contributed by atoms with Gasteiger partial charge in [-0.05, 0) is 11.1 Å². The molecule has 2 aromatic carbocycles. The van der Waals surface area contributed by atoms with Crippen LogP contribution in [0.5, 0.6) is 0 Å². The first-order valence-corrected chi connectivity index (χ1v) is 10.8. The minimum Gasteiger partial charge on any atom is -0.481 e. The van der Waals surface area contributed by atoms with Crippen LogP contribution in [-0.4, -0.2) is 65.2 Å². The zero-order chi connectivity index (χ0) is 21.4. The van der Waals surface area contributed by atoms with E-state index in [-0.39, 0.29) is 11.9 Å². The molecule has 31 heavy (non-hydrogen) atoms. The van der Waals surface area contributed by atoms with Gasteiger partial charge in [0.2, 0.25) is 5.91 Å². The van der Waals surface area contributed by atoms with E-state index < -0.39 is 30.0 Å². The molecule has 6 heteroatoms. The van der Waals surface area contributed by atoms with E-state index in [1.807, 2.05) is 23.1 Å². The van der Waals surface area contributed by atoms with E-state index in [0.29, 0.717) is 13.1 Å². The van der Waals surface area contributed by atoms with Crippen LogP contribution in [0.15, 0.2) is 72.8 Å². The summed E-state index contributed by atoms with van der Waals surface area (Å²) < 4.78 is 5.70. The van der Waals surface area contributed by atoms with Crippen molar-refractivity contribution >= 4 is 11.9 Å². The maximum Gasteiger partial charge on any atom is 0.310 e. The predicted octanol–water partition coefficient (Wildman–Crippen LogP) is 2.57. The first-order valence-electron chi connectivity index (χ1n) is 10.8. The van der Waals surface area contributed by atoms with Gasteiger partial charge in [0.15, 0.2) is 0 Å². The molecule has 3 aliphatic heterocycles. The van der Waals surface area contributed by atoms with Crippen LogP contribution in [0.1, 0.15) is 17.2 Å². The number of carbonyl (C=O) groups is 2. The number of carboxylic acid groups (broad SMARTS) is 1. The lowest BCUT2D eigenvalue weighted by Crippen LogP contribution is -2.53. The number of aliphatic carboxylic acids is 1. The Balaban J connectivity index is 1.32. The van der Waals surface area contributed by atoms with E-state index in [9.17, 15) is 14.7 Å². The molecule has 0 unspecified atom stereocenters. The van der Waals surface area contributed by atoms with Crippen molar-refractivity contribution in [2.24, 2.45) is 11.8 Å². The summed E-state index contributed by atoms with van der Waals surface area (Å²) in [5, 5.41) is 9.63. The van der Waals surface area contributed by atoms with Crippen molar-refractivity contribution in [2.45, 2.75) is 18.2 Å². The number of rotatable bonds is 5. The third kappa shape index (κ3) is 3.66. The van der Waals surface area contributed by atoms with E-state index in [1.54, 1.807) is 6.08 Å². The van der Waals surface area contributed by atoms with E-state index in [4.69, 9.17) is 4.74 Å². The normalized spacial score (nSPS) is 27.7. The number of benzene rings is 2. The highest BCUT2D eigenvalue weighted by molar-refractivity contribution is 5.87. The lowest BCUT2D eigenvalue weighted by atomic mass is 9.82. The van der Waals surface area contributed by atoms with Crippen LogP contribution >= 0.6 is 0 Å². The topological polar surface area (TPSA) is 70.1 Å². The molecule has 2 aromatic rings. The van der Waals surface area contributed by atoms with E-state index in [2.05, 4.69) is 53.4 Å². The van der Waals surface area contributed by atoms with Crippen LogP contribution in [0.3, 0.4) is 0 Å². The first-order chi connectivity index (χ1) is 15.1. The van der Waals surface area contributed by atoms with Gasteiger partial charge in [0, 0.05) is 26.2 Å². The van der Waals surface area contributed by atoms with Gasteiger partial charge >= 0.3 is 5.97 Å². The fourth-order valence-corrected chi connectivity index (χ4v) is 5.19. The second-order valence-corrected chi connectivity index (χ2v) is 8.43. The molecular formula is C25H26N2O4. The van der Waals surface area contributed by atoms with E-state index in [1.165, 1.54) is 11.1 Å². The van der Waals surface area contributed by atoms with E-state index in [0.717, 1.165) is 13.1 Å². The third-order valence-electron chi connectivity index (χ3n) is 6.69. The number of amides is 1. The van der Waals surface area contributed by atoms with Crippen LogP contribution < -0.4 is 0 Å². The molecule has 0 radical (unpaired) electrons. The van der Waals surface area contributed by atoms with Gasteiger partial charge in [0.05, 0.1) is 24.2 Å². The molecular weight excluding hydrogens is 392 g/mol. The van der Waals surface area contributed by atoms with Crippen LogP contribution in [0.2, 0.25) is 0 Å². The number of ether oxygens (including phenoxy) is 1. The molecule has 4 atom stereocenters. The minimum absolute atomic E-state index is 0.0973. The quantitative estimate of drug-likeness (QED) is 0.756. The molecule has 5 rings (SSSR count). The Morgan fingerprint density at radius 2 is 1.32 bits per heavy atom. The number of hydrogen-bond acceptors (Lipinski definition) is 4. The highest BCUT2D eigenvalue weighted by Crippen LogP contribution is 2.40. The Hall–Kier alpha value is -2.96. The van der Waals surface area contributed by atoms with Gasteiger partial charge in [0.25, 0.3) is 0 Å². The fraction of sp³-hybridized carbons (Fsp3) is 0.360. The molecule has 0 saturated carbocycles. The standard InChI is InChI=1S/C25H26N2O4/c28-24(21-19-11-12-20(31-19)22(21)25(29)30)27-15-13-26(14-16-27)23(17-7-3-1-4-8-17)18-9-5-2-6-10-18/h1-12,19-23H,13-16H2,(H,29,30)/t19-,20-,21+,22+/m1/s1. The zero-order valence-corrected chi connectivity index (χ0v) is 17.2. The van der Waals surface area contributed by atoms with Crippen molar-refractivity contribution in [3.8, 4) is 0 Å². The van der Waals surface area contributed by atoms with Crippen molar-refractivity contribution < 1.29 is 19.4 Å². The van der Waals surface area contributed by atoms with Crippen LogP contribution in [-0.2, 0) is 14.3 Å². The summed E-state index contributed by atoms with van der Waals surface area (Å²) in [5.41, 5.74) is 2.46. The molecule has 160 valence electrons. The molecule has 2 bridgehead atoms. The van der Waals surface area contributed by atoms with Crippen LogP contribution in [0.4, 0.5) is 0 Å². The lowest BCUT2D eigenvalue weighted by Gasteiger charge is -2.41. The Kier molecular flexibility index (Phi) is 5.34. The summed E-state index contributed by atoms with van der Waals surface area (Å²) >= 11 is 0. The molecule has 1 amide bonds. The summed E-state index contributed by atoms with van der Waals surface area (Å²) in [6.07, 6.45) is 2.70. The Morgan fingerprint density at radius 3 is 1.84 bits per heavy atom. The largest absolute Gasteiger partial charge is 0.481 e. The maximum absolute atomic E-state index is 13.3. The van der Waals surface area contributed by atoms with E-state index >= 15 is 0 Å². The monoisotopic (exact) mass is 418 g/mol. The number of nitrogens with zero attached hydrogens (tertiary/aromatic N) is 2. The molecule has 0 aromatic heterocycles. The summed E-state index contributed by atoms with van der Waals surface area (Å²) in [6.45, 7) is 2.63. The summed E-state index contributed by atoms with van der Waals surface area (Å²) in [4.78, 5) is 29.2. The van der Waals surface area contributed by atoms with Gasteiger partial charge in [-0.3, -0.25) is 14.5 Å². The average molecular weight is 418 g/mol. The third-order valence-corrected chi connectivity index (χ3v) is 6.69. The van der Waals surface area contributed by atoms with Gasteiger partial charge in [-0.15, -0.1) is 0 Å². The van der Waals surface area contributed by atoms with Crippen LogP contribution in [0.25, 0.3) is 0 Å². The van der Waals surface area contributed by atoms with Gasteiger partial charge < -0.3 is 14.7 Å². The van der Waals surface area contributed by atoms with Crippen molar-refractivity contribution in [3.05, 3.63) is 83.9 Å². The highest BCUT2D eigenvalue weighted by atomic mass is 16.5. The fourth-order valence-electron chi connectivity index (χ4n) is 5.19. The lowest BCUT2D eigenvalue weighted by molar-refractivity contribution is -0.150. The first kappa shape index (κ1) is 20.0. The second-order valence-electron chi connectivity index (χ2n) is 8.43. The predicted molar refractivity (Wildman–Crippen MR) is 115 cm³/mol. The SMILES string of the molecule is O=C(O)[C@@H]1[C@@H](C(=O)N2CCN(C(c3ccccc3)c3ccccc3)CC2)[C@H]2C=C[C@H]1O2. The van der Waals surface area contributed by atoms with Crippen molar-refractivity contribution in [1.29, 1.82) is 0 Å². The van der Waals surface area contributed by atoms with Gasteiger partial charge in [-0.1, -0.05) is 72.8 Å². The number of fused-ring (bicyclic) bond motifs is 2. The minimum atomic E-state index is -0.956. The molecule has 0 spiro atoms. The number of hydrogen-bond donors (Lipinski definition) is 1. The van der Waals surface area contributed by atoms with Gasteiger partial charge in [-0.25, -0.2) is 0 Å². The van der Waals surface area contributed by atoms with Crippen molar-refractivity contribution in [1.82, 2.24) is 9.80 Å². The molecule has 0 aliphatic carbocycles. The van der Waals surface area contributed by atoms with Crippen molar-refractivity contribution in [3.63, 3.8) is 0 Å². The summed E-state index contributed by atoms with van der Waals surface area (Å²) in [7, 11) is 0. The molecule has 2 saturated heterocycles. The molecule has 3 aliphatic rings. The van der Waals surface area contributed by atoms with Gasteiger partial charge in [-0.2, -0.15) is 0 Å². The molecule has 1 N–H and O–H groups in total. The van der Waals surface area contributed by atoms with Crippen LogP contribution in [0, 0.1) is 11.8 Å². The zero-order valence-electron chi connectivity index (χ0n) is 17.2.